The number of rotatable bonds is 1. The molecule has 0 saturated carbocycles. The van der Waals surface area contributed by atoms with E-state index in [1.807, 2.05) is 12.1 Å². The van der Waals surface area contributed by atoms with E-state index in [9.17, 15) is 4.79 Å². The first-order valence-electron chi connectivity index (χ1n) is 6.57. The van der Waals surface area contributed by atoms with E-state index in [2.05, 4.69) is 27.9 Å². The van der Waals surface area contributed by atoms with E-state index in [1.54, 1.807) is 13.4 Å². The third-order valence-corrected chi connectivity index (χ3v) is 4.50. The summed E-state index contributed by atoms with van der Waals surface area (Å²) in [6.07, 6.45) is 1.57. The molecule has 0 spiro atoms. The summed E-state index contributed by atoms with van der Waals surface area (Å²) in [4.78, 5) is 21.2. The number of aryl methyl sites for hydroxylation is 1. The Hall–Kier alpha value is -1.88. The van der Waals surface area contributed by atoms with Crippen molar-refractivity contribution < 1.29 is 0 Å². The first kappa shape index (κ1) is 11.0. The highest BCUT2D eigenvalue weighted by molar-refractivity contribution is 5.82. The van der Waals surface area contributed by atoms with Gasteiger partial charge in [-0.15, -0.1) is 0 Å². The largest absolute Gasteiger partial charge is 0.364 e. The van der Waals surface area contributed by atoms with Crippen LogP contribution < -0.4 is 10.5 Å². The molecule has 0 aliphatic carbocycles. The number of hydrogen-bond donors (Lipinski definition) is 0. The number of anilines is 1. The van der Waals surface area contributed by atoms with Crippen LogP contribution in [0, 0.1) is 0 Å². The zero-order chi connectivity index (χ0) is 13.1. The van der Waals surface area contributed by atoms with Crippen molar-refractivity contribution in [3.63, 3.8) is 0 Å². The molecule has 2 aliphatic heterocycles. The topological polar surface area (TPSA) is 41.4 Å². The van der Waals surface area contributed by atoms with E-state index in [4.69, 9.17) is 0 Å². The fourth-order valence-electron chi connectivity index (χ4n) is 3.15. The Morgan fingerprint density at radius 1 is 1.21 bits per heavy atom. The van der Waals surface area contributed by atoms with E-state index in [1.165, 1.54) is 4.57 Å². The maximum atomic E-state index is 12.1. The summed E-state index contributed by atoms with van der Waals surface area (Å²) in [5.41, 5.74) is 1.94. The number of piperazine rings is 1. The molecule has 2 fully saturated rings. The van der Waals surface area contributed by atoms with E-state index in [-0.39, 0.29) is 5.56 Å². The normalized spacial score (nSPS) is 25.9. The van der Waals surface area contributed by atoms with Gasteiger partial charge in [0.1, 0.15) is 0 Å². The van der Waals surface area contributed by atoms with Crippen molar-refractivity contribution in [2.75, 3.05) is 25.0 Å². The summed E-state index contributed by atoms with van der Waals surface area (Å²) in [7, 11) is 3.90. The van der Waals surface area contributed by atoms with Crippen LogP contribution in [0.3, 0.4) is 0 Å². The van der Waals surface area contributed by atoms with Crippen molar-refractivity contribution in [3.05, 3.63) is 34.9 Å². The van der Waals surface area contributed by atoms with Crippen molar-refractivity contribution >= 4 is 16.6 Å². The molecule has 19 heavy (non-hydrogen) atoms. The van der Waals surface area contributed by atoms with Crippen LogP contribution in [-0.4, -0.2) is 46.7 Å². The average Bonchev–Trinajstić information content (AvgIpc) is 2.40. The molecule has 0 amide bonds. The number of likely N-dealkylation sites (N-methyl/N-ethyl adjacent to an activating group) is 1. The van der Waals surface area contributed by atoms with Gasteiger partial charge in [0.15, 0.2) is 0 Å². The van der Waals surface area contributed by atoms with Crippen LogP contribution in [0.2, 0.25) is 0 Å². The van der Waals surface area contributed by atoms with Gasteiger partial charge in [0.25, 0.3) is 5.56 Å². The van der Waals surface area contributed by atoms with E-state index in [0.29, 0.717) is 17.5 Å². The van der Waals surface area contributed by atoms with Gasteiger partial charge in [0.05, 0.1) is 23.3 Å². The maximum absolute atomic E-state index is 12.1. The number of hydrogen-bond acceptors (Lipinski definition) is 4. The minimum absolute atomic E-state index is 0.0228. The number of likely N-dealkylation sites (tertiary alicyclic amines) is 1. The van der Waals surface area contributed by atoms with Crippen LogP contribution in [0.4, 0.5) is 5.69 Å². The highest BCUT2D eigenvalue weighted by atomic mass is 16.1. The molecule has 5 nitrogen and oxygen atoms in total. The molecule has 1 aromatic heterocycles. The van der Waals surface area contributed by atoms with Gasteiger partial charge in [0, 0.05) is 31.9 Å². The van der Waals surface area contributed by atoms with Crippen LogP contribution >= 0.6 is 0 Å². The lowest BCUT2D eigenvalue weighted by Crippen LogP contribution is -2.78. The lowest BCUT2D eigenvalue weighted by atomic mass is 9.85. The first-order chi connectivity index (χ1) is 9.15. The minimum atomic E-state index is 0.0228. The molecule has 0 radical (unpaired) electrons. The highest BCUT2D eigenvalue weighted by Crippen LogP contribution is 2.36. The second kappa shape index (κ2) is 3.57. The molecule has 0 N–H and O–H groups in total. The van der Waals surface area contributed by atoms with Gasteiger partial charge in [-0.25, -0.2) is 4.98 Å². The smallest absolute Gasteiger partial charge is 0.260 e. The quantitative estimate of drug-likeness (QED) is 0.742. The lowest BCUT2D eigenvalue weighted by Gasteiger charge is -2.62. The molecule has 98 valence electrons. The second-order valence-electron chi connectivity index (χ2n) is 5.59. The Balaban J connectivity index is 1.76. The number of fused-ring (bicyclic) bond motifs is 2. The molecule has 2 saturated heterocycles. The molecule has 3 heterocycles. The van der Waals surface area contributed by atoms with Gasteiger partial charge in [-0.1, -0.05) is 0 Å². The Labute approximate surface area is 111 Å². The second-order valence-corrected chi connectivity index (χ2v) is 5.59. The SMILES string of the molecule is CN1CC2C1CN2c1ccc2ncn(C)c(=O)c2c1. The van der Waals surface area contributed by atoms with Crippen LogP contribution in [-0.2, 0) is 7.05 Å². The first-order valence-corrected chi connectivity index (χ1v) is 6.57. The van der Waals surface area contributed by atoms with Crippen LogP contribution in [0.25, 0.3) is 10.9 Å². The van der Waals surface area contributed by atoms with Gasteiger partial charge >= 0.3 is 0 Å². The van der Waals surface area contributed by atoms with E-state index < -0.39 is 0 Å². The Morgan fingerprint density at radius 3 is 2.74 bits per heavy atom. The Morgan fingerprint density at radius 2 is 2.05 bits per heavy atom. The van der Waals surface area contributed by atoms with Crippen molar-refractivity contribution in [1.29, 1.82) is 0 Å². The third kappa shape index (κ3) is 1.39. The van der Waals surface area contributed by atoms with Crippen molar-refractivity contribution in [2.24, 2.45) is 7.05 Å². The van der Waals surface area contributed by atoms with Crippen LogP contribution in [0.5, 0.6) is 0 Å². The van der Waals surface area contributed by atoms with E-state index in [0.717, 1.165) is 24.3 Å². The fraction of sp³-hybridized carbons (Fsp3) is 0.429. The van der Waals surface area contributed by atoms with Crippen molar-refractivity contribution in [3.8, 4) is 0 Å². The molecule has 2 atom stereocenters. The molecule has 2 unspecified atom stereocenters. The molecule has 0 bridgehead atoms. The average molecular weight is 256 g/mol. The summed E-state index contributed by atoms with van der Waals surface area (Å²) in [6, 6.07) is 7.33. The van der Waals surface area contributed by atoms with Crippen LogP contribution in [0.15, 0.2) is 29.3 Å². The standard InChI is InChI=1S/C14H16N4O/c1-16-6-13-12(16)7-18(13)9-3-4-11-10(5-9)14(19)17(2)8-15-11/h3-5,8,12-13H,6-7H2,1-2H3. The van der Waals surface area contributed by atoms with E-state index >= 15 is 0 Å². The molecular weight excluding hydrogens is 240 g/mol. The summed E-state index contributed by atoms with van der Waals surface area (Å²) in [6.45, 7) is 2.18. The molecular formula is C14H16N4O. The zero-order valence-electron chi connectivity index (χ0n) is 11.1. The summed E-state index contributed by atoms with van der Waals surface area (Å²) < 4.78 is 1.53. The molecule has 2 aliphatic rings. The van der Waals surface area contributed by atoms with Gasteiger partial charge in [-0.2, -0.15) is 0 Å². The van der Waals surface area contributed by atoms with Crippen LogP contribution in [0.1, 0.15) is 0 Å². The predicted molar refractivity (Wildman–Crippen MR) is 74.5 cm³/mol. The van der Waals surface area contributed by atoms with Crippen molar-refractivity contribution in [2.45, 2.75) is 12.1 Å². The predicted octanol–water partition coefficient (Wildman–Crippen LogP) is 0.436. The maximum Gasteiger partial charge on any atom is 0.260 e. The Bertz CT molecular complexity index is 723. The fourth-order valence-corrected chi connectivity index (χ4v) is 3.15. The lowest BCUT2D eigenvalue weighted by molar-refractivity contribution is 0.0369. The molecule has 2 aromatic rings. The molecule has 1 aromatic carbocycles. The summed E-state index contributed by atoms with van der Waals surface area (Å²) >= 11 is 0. The number of benzene rings is 1. The van der Waals surface area contributed by atoms with Gasteiger partial charge in [0.2, 0.25) is 0 Å². The minimum Gasteiger partial charge on any atom is -0.364 e. The molecule has 5 heteroatoms. The van der Waals surface area contributed by atoms with Gasteiger partial charge in [-0.3, -0.25) is 9.69 Å². The number of aromatic nitrogens is 2. The van der Waals surface area contributed by atoms with Crippen molar-refractivity contribution in [1.82, 2.24) is 14.5 Å². The van der Waals surface area contributed by atoms with Gasteiger partial charge in [-0.05, 0) is 25.2 Å². The van der Waals surface area contributed by atoms with Gasteiger partial charge < -0.3 is 9.47 Å². The summed E-state index contributed by atoms with van der Waals surface area (Å²) in [5, 5.41) is 0.707. The summed E-state index contributed by atoms with van der Waals surface area (Å²) in [5.74, 6) is 0. The monoisotopic (exact) mass is 256 g/mol. The number of nitrogens with zero attached hydrogens (tertiary/aromatic N) is 4. The Kier molecular flexibility index (Phi) is 2.07. The third-order valence-electron chi connectivity index (χ3n) is 4.50. The highest BCUT2D eigenvalue weighted by Gasteiger charge is 2.49. The zero-order valence-corrected chi connectivity index (χ0v) is 11.1. The molecule has 4 rings (SSSR count).